The first-order valence-corrected chi connectivity index (χ1v) is 8.76. The van der Waals surface area contributed by atoms with Gasteiger partial charge in [-0.05, 0) is 44.0 Å². The lowest BCUT2D eigenvalue weighted by molar-refractivity contribution is 0.483. The molecule has 3 aromatic rings. The van der Waals surface area contributed by atoms with E-state index in [1.165, 1.54) is 6.07 Å². The molecule has 5 nitrogen and oxygen atoms in total. The molecule has 0 N–H and O–H groups in total. The van der Waals surface area contributed by atoms with Crippen LogP contribution in [-0.4, -0.2) is 17.2 Å². The molecule has 0 fully saturated rings. The fraction of sp³-hybridized carbons (Fsp3) is 0.200. The second kappa shape index (κ2) is 5.33. The summed E-state index contributed by atoms with van der Waals surface area (Å²) in [5.74, 6) is 0.366. The van der Waals surface area contributed by atoms with Gasteiger partial charge in [0.05, 0.1) is 11.7 Å². The Bertz CT molecular complexity index is 939. The van der Waals surface area contributed by atoms with Gasteiger partial charge in [-0.3, -0.25) is 0 Å². The molecule has 1 aromatic heterocycles. The maximum absolute atomic E-state index is 12.6. The Labute approximate surface area is 133 Å². The van der Waals surface area contributed by atoms with Crippen LogP contribution in [0.4, 0.5) is 0 Å². The Hall–Kier alpha value is -1.99. The lowest BCUT2D eigenvalue weighted by Crippen LogP contribution is -2.12. The molecule has 0 aliphatic rings. The van der Waals surface area contributed by atoms with Gasteiger partial charge < -0.3 is 4.18 Å². The first-order chi connectivity index (χ1) is 10.4. The fourth-order valence-corrected chi connectivity index (χ4v) is 4.25. The summed E-state index contributed by atoms with van der Waals surface area (Å²) in [6.07, 6.45) is 0. The van der Waals surface area contributed by atoms with Gasteiger partial charge in [0.2, 0.25) is 0 Å². The fourth-order valence-electron chi connectivity index (χ4n) is 2.44. The van der Waals surface area contributed by atoms with Crippen molar-refractivity contribution in [2.75, 3.05) is 0 Å². The number of benzene rings is 2. The summed E-state index contributed by atoms with van der Waals surface area (Å²) in [6.45, 7) is 5.62. The smallest absolute Gasteiger partial charge is 0.341 e. The average Bonchev–Trinajstić information content (AvgIpc) is 2.90. The van der Waals surface area contributed by atoms with Crippen molar-refractivity contribution in [2.45, 2.75) is 25.7 Å². The third-order valence-electron chi connectivity index (χ3n) is 3.32. The van der Waals surface area contributed by atoms with Crippen LogP contribution in [0.3, 0.4) is 0 Å². The Morgan fingerprint density at radius 2 is 1.73 bits per heavy atom. The summed E-state index contributed by atoms with van der Waals surface area (Å²) in [7, 11) is -3.96. The zero-order chi connectivity index (χ0) is 15.9. The molecule has 0 amide bonds. The first-order valence-electron chi connectivity index (χ1n) is 6.62. The first kappa shape index (κ1) is 14.9. The molecule has 0 saturated heterocycles. The highest BCUT2D eigenvalue weighted by molar-refractivity contribution is 7.87. The van der Waals surface area contributed by atoms with Gasteiger partial charge in [-0.2, -0.15) is 17.2 Å². The van der Waals surface area contributed by atoms with E-state index in [2.05, 4.69) is 8.75 Å². The molecule has 3 rings (SSSR count). The molecule has 1 heterocycles. The van der Waals surface area contributed by atoms with Crippen molar-refractivity contribution in [2.24, 2.45) is 0 Å². The highest BCUT2D eigenvalue weighted by atomic mass is 32.2. The van der Waals surface area contributed by atoms with E-state index >= 15 is 0 Å². The summed E-state index contributed by atoms with van der Waals surface area (Å²) in [6, 6.07) is 8.62. The zero-order valence-corrected chi connectivity index (χ0v) is 14.0. The van der Waals surface area contributed by atoms with Gasteiger partial charge in [0, 0.05) is 0 Å². The average molecular weight is 334 g/mol. The summed E-state index contributed by atoms with van der Waals surface area (Å²) in [4.78, 5) is 0.0399. The lowest BCUT2D eigenvalue weighted by Gasteiger charge is -2.13. The van der Waals surface area contributed by atoms with Crippen LogP contribution in [0.1, 0.15) is 16.7 Å². The maximum atomic E-state index is 12.6. The second-order valence-electron chi connectivity index (χ2n) is 5.15. The standard InChI is InChI=1S/C15H14N2O3S2/c1-9-7-10(2)15(11(3)8-9)20-22(18,19)13-6-4-5-12-14(13)17-21-16-12/h4-8H,1-3H3. The number of rotatable bonds is 3. The van der Waals surface area contributed by atoms with Crippen molar-refractivity contribution >= 4 is 32.9 Å². The van der Waals surface area contributed by atoms with Gasteiger partial charge >= 0.3 is 10.1 Å². The molecule has 0 saturated carbocycles. The number of hydrogen-bond donors (Lipinski definition) is 0. The molecule has 0 aliphatic heterocycles. The lowest BCUT2D eigenvalue weighted by atomic mass is 10.1. The van der Waals surface area contributed by atoms with Crippen molar-refractivity contribution in [3.63, 3.8) is 0 Å². The number of hydrogen-bond acceptors (Lipinski definition) is 6. The summed E-state index contributed by atoms with van der Waals surface area (Å²) >= 11 is 0.978. The quantitative estimate of drug-likeness (QED) is 0.687. The van der Waals surface area contributed by atoms with Crippen LogP contribution in [0.2, 0.25) is 0 Å². The van der Waals surface area contributed by atoms with Gasteiger partial charge in [0.25, 0.3) is 0 Å². The van der Waals surface area contributed by atoms with E-state index in [1.807, 2.05) is 32.9 Å². The molecule has 0 unspecified atom stereocenters. The van der Waals surface area contributed by atoms with Gasteiger partial charge in [-0.25, -0.2) is 0 Å². The molecule has 0 radical (unpaired) electrons. The molecular formula is C15H14N2O3S2. The number of aryl methyl sites for hydroxylation is 3. The van der Waals surface area contributed by atoms with Gasteiger partial charge in [-0.1, -0.05) is 23.8 Å². The molecule has 0 bridgehead atoms. The predicted octanol–water partition coefficient (Wildman–Crippen LogP) is 3.38. The van der Waals surface area contributed by atoms with Crippen molar-refractivity contribution < 1.29 is 12.6 Å². The van der Waals surface area contributed by atoms with Crippen molar-refractivity contribution in [3.8, 4) is 5.75 Å². The van der Waals surface area contributed by atoms with Crippen LogP contribution >= 0.6 is 11.7 Å². The van der Waals surface area contributed by atoms with Gasteiger partial charge in [0.1, 0.15) is 21.7 Å². The predicted molar refractivity (Wildman–Crippen MR) is 85.9 cm³/mol. The SMILES string of the molecule is Cc1cc(C)c(OS(=O)(=O)c2cccc3nsnc23)c(C)c1. The van der Waals surface area contributed by atoms with Crippen molar-refractivity contribution in [1.82, 2.24) is 8.75 Å². The van der Waals surface area contributed by atoms with Crippen LogP contribution in [-0.2, 0) is 10.1 Å². The van der Waals surface area contributed by atoms with Crippen molar-refractivity contribution in [3.05, 3.63) is 47.0 Å². The minimum atomic E-state index is -3.96. The molecule has 2 aromatic carbocycles. The molecule has 7 heteroatoms. The second-order valence-corrected chi connectivity index (χ2v) is 7.20. The van der Waals surface area contributed by atoms with E-state index in [-0.39, 0.29) is 4.90 Å². The van der Waals surface area contributed by atoms with Crippen LogP contribution in [0.25, 0.3) is 11.0 Å². The third-order valence-corrected chi connectivity index (χ3v) is 5.11. The highest BCUT2D eigenvalue weighted by Crippen LogP contribution is 2.30. The van der Waals surface area contributed by atoms with Crippen molar-refractivity contribution in [1.29, 1.82) is 0 Å². The van der Waals surface area contributed by atoms with Crippen LogP contribution < -0.4 is 4.18 Å². The van der Waals surface area contributed by atoms with E-state index in [0.717, 1.165) is 28.4 Å². The summed E-state index contributed by atoms with van der Waals surface area (Å²) < 4.78 is 38.7. The largest absolute Gasteiger partial charge is 0.378 e. The Morgan fingerprint density at radius 1 is 1.05 bits per heavy atom. The van der Waals surface area contributed by atoms with E-state index in [1.54, 1.807) is 12.1 Å². The number of nitrogens with zero attached hydrogens (tertiary/aromatic N) is 2. The molecule has 22 heavy (non-hydrogen) atoms. The third kappa shape index (κ3) is 2.57. The van der Waals surface area contributed by atoms with Gasteiger partial charge in [-0.15, -0.1) is 0 Å². The molecule has 0 aliphatic carbocycles. The van der Waals surface area contributed by atoms with Crippen LogP contribution in [0.5, 0.6) is 5.75 Å². The number of aromatic nitrogens is 2. The highest BCUT2D eigenvalue weighted by Gasteiger charge is 2.23. The molecule has 0 atom stereocenters. The number of fused-ring (bicyclic) bond motifs is 1. The van der Waals surface area contributed by atoms with E-state index < -0.39 is 10.1 Å². The maximum Gasteiger partial charge on any atom is 0.341 e. The van der Waals surface area contributed by atoms with Crippen LogP contribution in [0, 0.1) is 20.8 Å². The van der Waals surface area contributed by atoms with E-state index in [0.29, 0.717) is 16.8 Å². The Kier molecular flexibility index (Phi) is 3.62. The van der Waals surface area contributed by atoms with Gasteiger partial charge in [0.15, 0.2) is 0 Å². The van der Waals surface area contributed by atoms with Crippen LogP contribution in [0.15, 0.2) is 35.2 Å². The Balaban J connectivity index is 2.10. The van der Waals surface area contributed by atoms with E-state index in [4.69, 9.17) is 4.18 Å². The zero-order valence-electron chi connectivity index (χ0n) is 12.3. The summed E-state index contributed by atoms with van der Waals surface area (Å²) in [5.41, 5.74) is 3.52. The summed E-state index contributed by atoms with van der Waals surface area (Å²) in [5, 5.41) is 0. The minimum absolute atomic E-state index is 0.0399. The molecular weight excluding hydrogens is 320 g/mol. The Morgan fingerprint density at radius 3 is 2.41 bits per heavy atom. The topological polar surface area (TPSA) is 69.2 Å². The minimum Gasteiger partial charge on any atom is -0.378 e. The molecule has 114 valence electrons. The molecule has 0 spiro atoms. The van der Waals surface area contributed by atoms with E-state index in [9.17, 15) is 8.42 Å². The monoisotopic (exact) mass is 334 g/mol. The normalized spacial score (nSPS) is 11.8.